The number of aryl methyl sites for hydroxylation is 1. The molecule has 5 nitrogen and oxygen atoms in total. The maximum atomic E-state index is 13.3. The minimum Gasteiger partial charge on any atom is -0.365 e. The van der Waals surface area contributed by atoms with E-state index in [9.17, 15) is 18.0 Å². The van der Waals surface area contributed by atoms with Gasteiger partial charge >= 0.3 is 6.18 Å². The quantitative estimate of drug-likeness (QED) is 0.528. The molecule has 0 atom stereocenters. The summed E-state index contributed by atoms with van der Waals surface area (Å²) in [5, 5.41) is 6.57. The lowest BCUT2D eigenvalue weighted by Crippen LogP contribution is -2.31. The number of aromatic nitrogens is 1. The molecule has 9 heteroatoms. The average molecular weight is 475 g/mol. The maximum absolute atomic E-state index is 13.3. The number of carbonyl (C=O) groups excluding carboxylic acids is 1. The van der Waals surface area contributed by atoms with Crippen molar-refractivity contribution in [1.29, 1.82) is 0 Å². The third-order valence-electron chi connectivity index (χ3n) is 5.75. The monoisotopic (exact) mass is 474 g/mol. The molecule has 1 aliphatic heterocycles. The molecule has 174 valence electrons. The predicted molar refractivity (Wildman–Crippen MR) is 123 cm³/mol. The van der Waals surface area contributed by atoms with Crippen LogP contribution in [0.5, 0.6) is 0 Å². The first kappa shape index (κ1) is 23.3. The summed E-state index contributed by atoms with van der Waals surface area (Å²) in [6, 6.07) is 12.4. The van der Waals surface area contributed by atoms with Crippen LogP contribution < -0.4 is 10.6 Å². The molecular weight excluding hydrogens is 449 g/mol. The van der Waals surface area contributed by atoms with Crippen LogP contribution in [0, 0.1) is 6.92 Å². The summed E-state index contributed by atoms with van der Waals surface area (Å²) in [5.41, 5.74) is 3.41. The van der Waals surface area contributed by atoms with E-state index in [1.54, 1.807) is 13.1 Å². The van der Waals surface area contributed by atoms with Crippen LogP contribution in [0.2, 0.25) is 0 Å². The van der Waals surface area contributed by atoms with E-state index in [1.807, 2.05) is 31.2 Å². The predicted octanol–water partition coefficient (Wildman–Crippen LogP) is 5.00. The topological polar surface area (TPSA) is 57.3 Å². The molecule has 3 aromatic rings. The zero-order chi connectivity index (χ0) is 23.6. The molecule has 0 radical (unpaired) electrons. The Balaban J connectivity index is 1.34. The summed E-state index contributed by atoms with van der Waals surface area (Å²) in [7, 11) is 1.77. The molecule has 0 bridgehead atoms. The van der Waals surface area contributed by atoms with E-state index < -0.39 is 11.7 Å². The molecule has 4 rings (SSSR count). The number of halogens is 3. The number of fused-ring (bicyclic) bond motifs is 1. The van der Waals surface area contributed by atoms with E-state index in [1.165, 1.54) is 23.5 Å². The van der Waals surface area contributed by atoms with Crippen LogP contribution in [0.3, 0.4) is 0 Å². The van der Waals surface area contributed by atoms with Crippen molar-refractivity contribution < 1.29 is 18.0 Å². The molecule has 2 heterocycles. The van der Waals surface area contributed by atoms with Crippen molar-refractivity contribution >= 4 is 22.4 Å². The van der Waals surface area contributed by atoms with Gasteiger partial charge in [-0.2, -0.15) is 13.2 Å². The number of amides is 1. The molecule has 33 heavy (non-hydrogen) atoms. The molecule has 0 saturated carbocycles. The normalized spacial score (nSPS) is 14.1. The van der Waals surface area contributed by atoms with Gasteiger partial charge in [0.25, 0.3) is 5.91 Å². The minimum absolute atomic E-state index is 0.152. The molecule has 2 aromatic carbocycles. The third-order valence-corrected chi connectivity index (χ3v) is 6.92. The highest BCUT2D eigenvalue weighted by Crippen LogP contribution is 2.35. The molecule has 1 amide bonds. The number of thiazole rings is 1. The van der Waals surface area contributed by atoms with Crippen LogP contribution in [0.25, 0.3) is 0 Å². The highest BCUT2D eigenvalue weighted by atomic mass is 32.1. The zero-order valence-corrected chi connectivity index (χ0v) is 19.2. The lowest BCUT2D eigenvalue weighted by molar-refractivity contribution is -0.138. The Kier molecular flexibility index (Phi) is 6.71. The molecule has 1 aliphatic rings. The highest BCUT2D eigenvalue weighted by molar-refractivity contribution is 7.17. The Hall–Kier alpha value is -2.91. The van der Waals surface area contributed by atoms with Crippen molar-refractivity contribution in [2.75, 3.05) is 18.9 Å². The van der Waals surface area contributed by atoms with Crippen molar-refractivity contribution in [1.82, 2.24) is 15.2 Å². The van der Waals surface area contributed by atoms with Gasteiger partial charge in [-0.1, -0.05) is 47.7 Å². The van der Waals surface area contributed by atoms with E-state index in [2.05, 4.69) is 20.5 Å². The van der Waals surface area contributed by atoms with Crippen LogP contribution in [-0.2, 0) is 32.2 Å². The molecule has 0 fully saturated rings. The second kappa shape index (κ2) is 9.52. The molecular formula is C24H25F3N4OS. The first-order valence-corrected chi connectivity index (χ1v) is 11.5. The summed E-state index contributed by atoms with van der Waals surface area (Å²) < 4.78 is 39.8. The van der Waals surface area contributed by atoms with Gasteiger partial charge in [-0.25, -0.2) is 4.98 Å². The van der Waals surface area contributed by atoms with E-state index >= 15 is 0 Å². The zero-order valence-electron chi connectivity index (χ0n) is 18.4. The molecule has 0 saturated heterocycles. The summed E-state index contributed by atoms with van der Waals surface area (Å²) in [6.45, 7) is 3.96. The van der Waals surface area contributed by atoms with Gasteiger partial charge in [0.2, 0.25) is 0 Å². The van der Waals surface area contributed by atoms with Crippen LogP contribution in [0.1, 0.15) is 43.2 Å². The Morgan fingerprint density at radius 1 is 1.15 bits per heavy atom. The van der Waals surface area contributed by atoms with Crippen molar-refractivity contribution in [3.8, 4) is 0 Å². The van der Waals surface area contributed by atoms with Crippen LogP contribution in [-0.4, -0.2) is 29.4 Å². The fourth-order valence-corrected chi connectivity index (χ4v) is 4.90. The number of nitrogens with zero attached hydrogens (tertiary/aromatic N) is 2. The largest absolute Gasteiger partial charge is 0.416 e. The maximum Gasteiger partial charge on any atom is 0.416 e. The summed E-state index contributed by atoms with van der Waals surface area (Å²) in [4.78, 5) is 19.5. The number of benzene rings is 2. The molecule has 2 N–H and O–H groups in total. The number of alkyl halides is 3. The second-order valence-electron chi connectivity index (χ2n) is 8.08. The first-order chi connectivity index (χ1) is 15.7. The van der Waals surface area contributed by atoms with Crippen molar-refractivity contribution in [2.24, 2.45) is 0 Å². The van der Waals surface area contributed by atoms with Gasteiger partial charge in [-0.3, -0.25) is 9.69 Å². The Labute approximate surface area is 194 Å². The van der Waals surface area contributed by atoms with E-state index in [4.69, 9.17) is 0 Å². The van der Waals surface area contributed by atoms with E-state index in [-0.39, 0.29) is 5.91 Å². The van der Waals surface area contributed by atoms with Gasteiger partial charge in [0.05, 0.1) is 11.3 Å². The third kappa shape index (κ3) is 5.36. The van der Waals surface area contributed by atoms with E-state index in [0.29, 0.717) is 53.9 Å². The fraction of sp³-hybridized carbons (Fsp3) is 0.333. The van der Waals surface area contributed by atoms with Crippen LogP contribution in [0.15, 0.2) is 42.5 Å². The van der Waals surface area contributed by atoms with Gasteiger partial charge in [0.15, 0.2) is 5.13 Å². The number of nitrogens with one attached hydrogen (secondary N) is 2. The number of rotatable bonds is 6. The Bertz CT molecular complexity index is 1140. The van der Waals surface area contributed by atoms with Gasteiger partial charge in [-0.15, -0.1) is 0 Å². The number of carbonyl (C=O) groups is 1. The van der Waals surface area contributed by atoms with Crippen LogP contribution in [0.4, 0.5) is 18.3 Å². The minimum atomic E-state index is -4.31. The summed E-state index contributed by atoms with van der Waals surface area (Å²) in [6.07, 6.45) is -3.92. The van der Waals surface area contributed by atoms with Gasteiger partial charge in [0, 0.05) is 33.2 Å². The summed E-state index contributed by atoms with van der Waals surface area (Å²) in [5.74, 6) is -0.152. The second-order valence-corrected chi connectivity index (χ2v) is 9.08. The highest BCUT2D eigenvalue weighted by Gasteiger charge is 2.35. The van der Waals surface area contributed by atoms with Crippen LogP contribution >= 0.6 is 11.3 Å². The molecule has 1 aromatic heterocycles. The Morgan fingerprint density at radius 2 is 1.88 bits per heavy atom. The smallest absolute Gasteiger partial charge is 0.365 e. The van der Waals surface area contributed by atoms with Crippen molar-refractivity contribution in [3.63, 3.8) is 0 Å². The standard InChI is InChI=1S/C24H25F3N4OS/c1-15-21(33-23(28-2)30-15)22(32)29-12-16-6-8-17(9-7-16)13-31-11-10-19-18(14-31)4-3-5-20(19)24(25,26)27/h3-9H,10-14H2,1-2H3,(H,28,30)(H,29,32). The SMILES string of the molecule is CNc1nc(C)c(C(=O)NCc2ccc(CN3CCc4c(cccc4C(F)(F)F)C3)cc2)s1. The van der Waals surface area contributed by atoms with Gasteiger partial charge < -0.3 is 10.6 Å². The average Bonchev–Trinajstić information content (AvgIpc) is 3.18. The fourth-order valence-electron chi connectivity index (χ4n) is 4.07. The molecule has 0 spiro atoms. The van der Waals surface area contributed by atoms with Crippen molar-refractivity contribution in [3.05, 3.63) is 80.9 Å². The lowest BCUT2D eigenvalue weighted by atomic mass is 9.94. The molecule has 0 aliphatic carbocycles. The molecule has 0 unspecified atom stereocenters. The number of anilines is 1. The van der Waals surface area contributed by atoms with Crippen molar-refractivity contribution in [2.45, 2.75) is 39.2 Å². The number of hydrogen-bond donors (Lipinski definition) is 2. The Morgan fingerprint density at radius 3 is 2.55 bits per heavy atom. The van der Waals surface area contributed by atoms with E-state index in [0.717, 1.165) is 16.7 Å². The number of hydrogen-bond acceptors (Lipinski definition) is 5. The lowest BCUT2D eigenvalue weighted by Gasteiger charge is -2.30. The first-order valence-electron chi connectivity index (χ1n) is 10.7. The van der Waals surface area contributed by atoms with Gasteiger partial charge in [0.1, 0.15) is 4.88 Å². The summed E-state index contributed by atoms with van der Waals surface area (Å²) >= 11 is 1.32. The van der Waals surface area contributed by atoms with Gasteiger partial charge in [-0.05, 0) is 41.7 Å².